The number of carboxylic acid groups (broad SMARTS) is 2. The molecule has 2 aromatic heterocycles. The smallest absolute Gasteiger partial charge is 0.429 e. The summed E-state index contributed by atoms with van der Waals surface area (Å²) >= 11 is 0. The van der Waals surface area contributed by atoms with Gasteiger partial charge in [0.1, 0.15) is 11.9 Å². The van der Waals surface area contributed by atoms with E-state index in [4.69, 9.17) is 10.5 Å². The monoisotopic (exact) mass is 575 g/mol. The third-order valence-electron chi connectivity index (χ3n) is 7.58. The summed E-state index contributed by atoms with van der Waals surface area (Å²) < 4.78 is 50.2. The molecular formula is C26H28F3N7O5. The van der Waals surface area contributed by atoms with Gasteiger partial charge in [-0.05, 0) is 55.9 Å². The van der Waals surface area contributed by atoms with Crippen molar-refractivity contribution in [1.82, 2.24) is 25.1 Å². The second kappa shape index (κ2) is 10.5. The van der Waals surface area contributed by atoms with Crippen LogP contribution in [-0.4, -0.2) is 73.8 Å². The molecule has 12 nitrogen and oxygen atoms in total. The molecule has 2 aliphatic rings. The second-order valence-corrected chi connectivity index (χ2v) is 10.4. The Morgan fingerprint density at radius 2 is 1.90 bits per heavy atom. The average molecular weight is 576 g/mol. The number of hydrogen-bond acceptors (Lipinski definition) is 9. The number of rotatable bonds is 7. The van der Waals surface area contributed by atoms with E-state index < -0.39 is 41.7 Å². The highest BCUT2D eigenvalue weighted by Gasteiger charge is 2.46. The molecule has 0 saturated carbocycles. The van der Waals surface area contributed by atoms with E-state index in [1.165, 1.54) is 29.1 Å². The number of nitrogens with one attached hydrogen (secondary N) is 1. The first-order valence-corrected chi connectivity index (χ1v) is 12.8. The second-order valence-electron chi connectivity index (χ2n) is 10.4. The minimum atomic E-state index is -4.97. The molecule has 41 heavy (non-hydrogen) atoms. The van der Waals surface area contributed by atoms with Crippen LogP contribution in [0.2, 0.25) is 0 Å². The highest BCUT2D eigenvalue weighted by Crippen LogP contribution is 2.42. The molecule has 0 bridgehead atoms. The summed E-state index contributed by atoms with van der Waals surface area (Å²) in [4.78, 5) is 32.9. The fourth-order valence-electron chi connectivity index (χ4n) is 5.42. The lowest BCUT2D eigenvalue weighted by molar-refractivity contribution is -0.198. The van der Waals surface area contributed by atoms with Gasteiger partial charge < -0.3 is 30.9 Å². The summed E-state index contributed by atoms with van der Waals surface area (Å²) in [5, 5.41) is 26.0. The Morgan fingerprint density at radius 1 is 1.17 bits per heavy atom. The van der Waals surface area contributed by atoms with E-state index in [9.17, 15) is 33.0 Å². The maximum absolute atomic E-state index is 14.5. The van der Waals surface area contributed by atoms with E-state index in [1.54, 1.807) is 13.0 Å². The highest BCUT2D eigenvalue weighted by molar-refractivity contribution is 5.88. The van der Waals surface area contributed by atoms with Crippen LogP contribution in [0.3, 0.4) is 0 Å². The zero-order valence-corrected chi connectivity index (χ0v) is 21.9. The van der Waals surface area contributed by atoms with Crippen LogP contribution in [-0.2, 0) is 4.79 Å². The molecule has 1 aromatic carbocycles. The van der Waals surface area contributed by atoms with E-state index in [0.29, 0.717) is 44.6 Å². The van der Waals surface area contributed by atoms with Gasteiger partial charge in [-0.3, -0.25) is 4.79 Å². The van der Waals surface area contributed by atoms with Crippen molar-refractivity contribution in [3.8, 4) is 11.6 Å². The van der Waals surface area contributed by atoms with E-state index in [1.807, 2.05) is 4.90 Å². The van der Waals surface area contributed by atoms with Gasteiger partial charge in [-0.2, -0.15) is 28.2 Å². The van der Waals surface area contributed by atoms with Crippen molar-refractivity contribution in [3.05, 3.63) is 53.3 Å². The SMILES string of the molecule is Cc1ccn(-c2ccc(C(=O)O)cc2[C@@H](Oc2cc(N3CCC4(CC3)CN[C@H](C(=O)O)C4)nc(N)n2)C(F)(F)F)n1. The minimum absolute atomic E-state index is 0.0150. The van der Waals surface area contributed by atoms with Crippen molar-refractivity contribution in [1.29, 1.82) is 0 Å². The molecule has 2 fully saturated rings. The van der Waals surface area contributed by atoms with Crippen molar-refractivity contribution in [2.45, 2.75) is 44.5 Å². The van der Waals surface area contributed by atoms with Gasteiger partial charge >= 0.3 is 18.1 Å². The predicted molar refractivity (Wildman–Crippen MR) is 139 cm³/mol. The van der Waals surface area contributed by atoms with Crippen LogP contribution in [0.25, 0.3) is 5.69 Å². The number of aromatic carboxylic acids is 1. The summed E-state index contributed by atoms with van der Waals surface area (Å²) in [6.45, 7) is 3.20. The largest absolute Gasteiger partial charge is 0.480 e. The molecule has 3 aromatic rings. The van der Waals surface area contributed by atoms with E-state index in [-0.39, 0.29) is 28.4 Å². The Labute approximate surface area is 231 Å². The van der Waals surface area contributed by atoms with Crippen LogP contribution in [0, 0.1) is 12.3 Å². The minimum Gasteiger partial charge on any atom is -0.480 e. The number of piperidine rings is 1. The fourth-order valence-corrected chi connectivity index (χ4v) is 5.42. The van der Waals surface area contributed by atoms with Crippen LogP contribution in [0.4, 0.5) is 24.9 Å². The molecule has 218 valence electrons. The summed E-state index contributed by atoms with van der Waals surface area (Å²) in [5.41, 5.74) is 5.38. The summed E-state index contributed by atoms with van der Waals surface area (Å²) in [6, 6.07) is 5.59. The van der Waals surface area contributed by atoms with Crippen LogP contribution in [0.5, 0.6) is 5.88 Å². The van der Waals surface area contributed by atoms with E-state index in [0.717, 1.165) is 6.07 Å². The maximum Gasteiger partial charge on any atom is 0.429 e. The van der Waals surface area contributed by atoms with Gasteiger partial charge in [0.2, 0.25) is 17.9 Å². The van der Waals surface area contributed by atoms with Gasteiger partial charge in [0.15, 0.2) is 0 Å². The highest BCUT2D eigenvalue weighted by atomic mass is 19.4. The van der Waals surface area contributed by atoms with Gasteiger partial charge in [-0.1, -0.05) is 0 Å². The topological polar surface area (TPSA) is 169 Å². The zero-order valence-electron chi connectivity index (χ0n) is 21.9. The van der Waals surface area contributed by atoms with E-state index >= 15 is 0 Å². The standard InChI is InChI=1S/C26H28F3N7O5/c1-14-4-7-36(34-14)18-3-2-15(22(37)38)10-16(18)21(26(27,28)29)41-20-11-19(32-24(30)33-20)35-8-5-25(6-9-35)12-17(23(39)40)31-13-25/h2-4,7,10-11,17,21,31H,5-6,8-9,12-13H2,1H3,(H,37,38)(H,39,40)(H2,30,32,33)/t17-,21+/m0/s1. The maximum atomic E-state index is 14.5. The number of hydrogen-bond donors (Lipinski definition) is 4. The first kappa shape index (κ1) is 28.1. The number of halogens is 3. The third-order valence-corrected chi connectivity index (χ3v) is 7.58. The van der Waals surface area contributed by atoms with Crippen molar-refractivity contribution >= 4 is 23.7 Å². The quantitative estimate of drug-likeness (QED) is 0.327. The van der Waals surface area contributed by atoms with Crippen molar-refractivity contribution in [2.24, 2.45) is 5.41 Å². The molecule has 1 spiro atoms. The summed E-state index contributed by atoms with van der Waals surface area (Å²) in [5.74, 6) is -2.76. The van der Waals surface area contributed by atoms with Gasteiger partial charge in [-0.15, -0.1) is 0 Å². The van der Waals surface area contributed by atoms with Crippen molar-refractivity contribution in [2.75, 3.05) is 30.3 Å². The van der Waals surface area contributed by atoms with Gasteiger partial charge in [0, 0.05) is 37.5 Å². The Hall–Kier alpha value is -4.40. The molecule has 4 heterocycles. The summed E-state index contributed by atoms with van der Waals surface area (Å²) in [6.07, 6.45) is -4.30. The Balaban J connectivity index is 1.44. The number of carboxylic acids is 2. The Kier molecular flexibility index (Phi) is 7.23. The third kappa shape index (κ3) is 5.89. The number of nitrogens with zero attached hydrogens (tertiary/aromatic N) is 5. The molecule has 5 rings (SSSR count). The van der Waals surface area contributed by atoms with Crippen LogP contribution in [0.1, 0.15) is 47.0 Å². The number of carbonyl (C=O) groups is 2. The van der Waals surface area contributed by atoms with Crippen LogP contribution in [0.15, 0.2) is 36.5 Å². The van der Waals surface area contributed by atoms with Crippen LogP contribution < -0.4 is 20.7 Å². The van der Waals surface area contributed by atoms with Crippen LogP contribution >= 0.6 is 0 Å². The zero-order chi connectivity index (χ0) is 29.5. The molecule has 0 radical (unpaired) electrons. The fraction of sp³-hybridized carbons (Fsp3) is 0.423. The lowest BCUT2D eigenvalue weighted by Crippen LogP contribution is -2.41. The lowest BCUT2D eigenvalue weighted by Gasteiger charge is -2.39. The number of nitrogens with two attached hydrogens (primary N) is 1. The number of anilines is 2. The predicted octanol–water partition coefficient (Wildman–Crippen LogP) is 2.97. The molecule has 2 saturated heterocycles. The molecular weight excluding hydrogens is 547 g/mol. The first-order chi connectivity index (χ1) is 19.3. The molecule has 2 aliphatic heterocycles. The number of aryl methyl sites for hydroxylation is 1. The average Bonchev–Trinajstić information content (AvgIpc) is 3.53. The molecule has 0 unspecified atom stereocenters. The number of benzene rings is 1. The Morgan fingerprint density at radius 3 is 2.49 bits per heavy atom. The normalized spacial score (nSPS) is 19.3. The first-order valence-electron chi connectivity index (χ1n) is 12.8. The number of aliphatic carboxylic acids is 1. The van der Waals surface area contributed by atoms with Gasteiger partial charge in [-0.25, -0.2) is 9.48 Å². The molecule has 0 amide bonds. The van der Waals surface area contributed by atoms with Gasteiger partial charge in [0.05, 0.1) is 16.9 Å². The summed E-state index contributed by atoms with van der Waals surface area (Å²) in [7, 11) is 0. The number of alkyl halides is 3. The Bertz CT molecular complexity index is 1470. The van der Waals surface area contributed by atoms with E-state index in [2.05, 4.69) is 20.4 Å². The number of aromatic nitrogens is 4. The molecule has 5 N–H and O–H groups in total. The number of nitrogen functional groups attached to an aromatic ring is 1. The lowest BCUT2D eigenvalue weighted by atomic mass is 9.76. The molecule has 2 atom stereocenters. The molecule has 0 aliphatic carbocycles. The number of ether oxygens (including phenoxy) is 1. The molecule has 15 heteroatoms. The van der Waals surface area contributed by atoms with Gasteiger partial charge in [0.25, 0.3) is 0 Å². The van der Waals surface area contributed by atoms with Crippen molar-refractivity contribution in [3.63, 3.8) is 0 Å². The van der Waals surface area contributed by atoms with Crippen molar-refractivity contribution < 1.29 is 37.7 Å².